The molecule has 1 N–H and O–H groups in total. The van der Waals surface area contributed by atoms with Gasteiger partial charge in [-0.1, -0.05) is 36.4 Å². The quantitative estimate of drug-likeness (QED) is 0.456. The fourth-order valence-electron chi connectivity index (χ4n) is 3.11. The van der Waals surface area contributed by atoms with Gasteiger partial charge in [-0.2, -0.15) is 0 Å². The first-order chi connectivity index (χ1) is 14.1. The lowest BCUT2D eigenvalue weighted by atomic mass is 10.1. The Kier molecular flexibility index (Phi) is 7.30. The smallest absolute Gasteiger partial charge is 0.262 e. The van der Waals surface area contributed by atoms with E-state index in [-0.39, 0.29) is 12.5 Å². The molecule has 0 spiro atoms. The van der Waals surface area contributed by atoms with Gasteiger partial charge < -0.3 is 15.0 Å². The van der Waals surface area contributed by atoms with Crippen LogP contribution in [0.3, 0.4) is 0 Å². The first kappa shape index (κ1) is 20.9. The van der Waals surface area contributed by atoms with E-state index in [0.717, 1.165) is 40.1 Å². The van der Waals surface area contributed by atoms with Gasteiger partial charge in [0.2, 0.25) is 0 Å². The number of carbonyl (C=O) groups is 1. The molecule has 0 unspecified atom stereocenters. The van der Waals surface area contributed by atoms with Gasteiger partial charge >= 0.3 is 0 Å². The first-order valence-corrected chi connectivity index (χ1v) is 10.5. The molecular weight excluding hydrogens is 428 g/mol. The molecule has 4 nitrogen and oxygen atoms in total. The molecule has 0 aliphatic carbocycles. The van der Waals surface area contributed by atoms with E-state index in [0.29, 0.717) is 5.75 Å². The van der Waals surface area contributed by atoms with E-state index in [4.69, 9.17) is 4.74 Å². The Morgan fingerprint density at radius 2 is 1.62 bits per heavy atom. The van der Waals surface area contributed by atoms with Crippen molar-refractivity contribution in [2.45, 2.75) is 13.8 Å². The highest BCUT2D eigenvalue weighted by Gasteiger charge is 2.09. The fourth-order valence-corrected chi connectivity index (χ4v) is 3.61. The van der Waals surface area contributed by atoms with Crippen LogP contribution in [0.2, 0.25) is 0 Å². The van der Waals surface area contributed by atoms with Gasteiger partial charge in [0, 0.05) is 24.5 Å². The van der Waals surface area contributed by atoms with Crippen LogP contribution in [0.15, 0.2) is 77.3 Å². The molecule has 1 amide bonds. The van der Waals surface area contributed by atoms with E-state index >= 15 is 0 Å². The lowest BCUT2D eigenvalue weighted by molar-refractivity contribution is -0.118. The molecule has 0 aliphatic heterocycles. The number of nitrogens with one attached hydrogen (secondary N) is 1. The van der Waals surface area contributed by atoms with Crippen molar-refractivity contribution in [1.29, 1.82) is 0 Å². The van der Waals surface area contributed by atoms with Gasteiger partial charge in [-0.3, -0.25) is 4.79 Å². The van der Waals surface area contributed by atoms with Crippen LogP contribution in [0.5, 0.6) is 5.75 Å². The third-order valence-corrected chi connectivity index (χ3v) is 5.30. The van der Waals surface area contributed by atoms with Crippen LogP contribution < -0.4 is 15.0 Å². The zero-order valence-electron chi connectivity index (χ0n) is 16.7. The van der Waals surface area contributed by atoms with Gasteiger partial charge in [0.1, 0.15) is 5.75 Å². The Labute approximate surface area is 180 Å². The molecule has 3 rings (SSSR count). The van der Waals surface area contributed by atoms with Crippen LogP contribution in [0, 0.1) is 0 Å². The normalized spacial score (nSPS) is 10.4. The molecule has 0 fully saturated rings. The lowest BCUT2D eigenvalue weighted by Gasteiger charge is -2.21. The minimum absolute atomic E-state index is 0.0545. The topological polar surface area (TPSA) is 41.6 Å². The van der Waals surface area contributed by atoms with E-state index in [1.54, 1.807) is 0 Å². The van der Waals surface area contributed by atoms with Crippen LogP contribution in [-0.2, 0) is 4.79 Å². The minimum Gasteiger partial charge on any atom is -0.483 e. The minimum atomic E-state index is -0.195. The first-order valence-electron chi connectivity index (χ1n) is 9.73. The van der Waals surface area contributed by atoms with Crippen molar-refractivity contribution >= 4 is 33.2 Å². The Morgan fingerprint density at radius 1 is 0.931 bits per heavy atom. The number of halogens is 1. The number of hydrogen-bond donors (Lipinski definition) is 1. The molecule has 0 aliphatic rings. The van der Waals surface area contributed by atoms with E-state index in [1.165, 1.54) is 0 Å². The second-order valence-corrected chi connectivity index (χ2v) is 7.42. The number of carbonyl (C=O) groups excluding carboxylic acids is 1. The van der Waals surface area contributed by atoms with Crippen LogP contribution in [0.25, 0.3) is 11.1 Å². The number of amides is 1. The molecule has 3 aromatic rings. The molecule has 150 valence electrons. The second kappa shape index (κ2) is 10.1. The number of benzene rings is 3. The van der Waals surface area contributed by atoms with Crippen molar-refractivity contribution in [2.24, 2.45) is 0 Å². The molecule has 0 saturated heterocycles. The van der Waals surface area contributed by atoms with Gasteiger partial charge in [0.05, 0.1) is 4.47 Å². The van der Waals surface area contributed by atoms with Gasteiger partial charge in [0.15, 0.2) is 6.61 Å². The summed E-state index contributed by atoms with van der Waals surface area (Å²) in [5.41, 5.74) is 4.12. The standard InChI is InChI=1S/C24H25BrN2O2/c1-3-27(4-2)21-13-11-20(12-14-21)26-24(28)17-29-23-15-10-19(16-22(23)25)18-8-6-5-7-9-18/h5-16H,3-4,17H2,1-2H3,(H,26,28). The molecule has 0 aromatic heterocycles. The molecular formula is C24H25BrN2O2. The maximum absolute atomic E-state index is 12.3. The van der Waals surface area contributed by atoms with Gasteiger partial charge in [0.25, 0.3) is 5.91 Å². The molecule has 0 heterocycles. The van der Waals surface area contributed by atoms with Crippen molar-refractivity contribution in [1.82, 2.24) is 0 Å². The Balaban J connectivity index is 1.57. The summed E-state index contributed by atoms with van der Waals surface area (Å²) in [7, 11) is 0. The molecule has 5 heteroatoms. The Bertz CT molecular complexity index is 939. The molecule has 0 atom stereocenters. The summed E-state index contributed by atoms with van der Waals surface area (Å²) in [6.07, 6.45) is 0. The monoisotopic (exact) mass is 452 g/mol. The van der Waals surface area contributed by atoms with E-state index in [1.807, 2.05) is 60.7 Å². The van der Waals surface area contributed by atoms with Gasteiger partial charge in [-0.05, 0) is 77.3 Å². The van der Waals surface area contributed by atoms with E-state index in [2.05, 4.69) is 52.1 Å². The highest BCUT2D eigenvalue weighted by molar-refractivity contribution is 9.10. The summed E-state index contributed by atoms with van der Waals surface area (Å²) >= 11 is 3.54. The van der Waals surface area contributed by atoms with Crippen LogP contribution >= 0.6 is 15.9 Å². The summed E-state index contributed by atoms with van der Waals surface area (Å²) in [5.74, 6) is 0.441. The molecule has 0 radical (unpaired) electrons. The predicted octanol–water partition coefficient (Wildman–Crippen LogP) is 5.98. The predicted molar refractivity (Wildman–Crippen MR) is 124 cm³/mol. The van der Waals surface area contributed by atoms with Crippen LogP contribution in [-0.4, -0.2) is 25.6 Å². The zero-order valence-corrected chi connectivity index (χ0v) is 18.3. The summed E-state index contributed by atoms with van der Waals surface area (Å²) in [5, 5.41) is 2.87. The molecule has 29 heavy (non-hydrogen) atoms. The molecule has 3 aromatic carbocycles. The lowest BCUT2D eigenvalue weighted by Crippen LogP contribution is -2.22. The third kappa shape index (κ3) is 5.61. The number of nitrogens with zero attached hydrogens (tertiary/aromatic N) is 1. The van der Waals surface area contributed by atoms with Crippen molar-refractivity contribution in [3.63, 3.8) is 0 Å². The number of anilines is 2. The highest BCUT2D eigenvalue weighted by atomic mass is 79.9. The molecule has 0 bridgehead atoms. The Hall–Kier alpha value is -2.79. The SMILES string of the molecule is CCN(CC)c1ccc(NC(=O)COc2ccc(-c3ccccc3)cc2Br)cc1. The van der Waals surface area contributed by atoms with Gasteiger partial charge in [-0.25, -0.2) is 0 Å². The van der Waals surface area contributed by atoms with E-state index < -0.39 is 0 Å². The second-order valence-electron chi connectivity index (χ2n) is 6.57. The maximum Gasteiger partial charge on any atom is 0.262 e. The number of hydrogen-bond acceptors (Lipinski definition) is 3. The average molecular weight is 453 g/mol. The van der Waals surface area contributed by atoms with Crippen molar-refractivity contribution in [2.75, 3.05) is 29.9 Å². The maximum atomic E-state index is 12.3. The summed E-state index contributed by atoms with van der Waals surface area (Å²) in [6.45, 7) is 6.10. The summed E-state index contributed by atoms with van der Waals surface area (Å²) in [6, 6.07) is 23.8. The average Bonchev–Trinajstić information content (AvgIpc) is 2.75. The highest BCUT2D eigenvalue weighted by Crippen LogP contribution is 2.30. The summed E-state index contributed by atoms with van der Waals surface area (Å²) in [4.78, 5) is 14.5. The molecule has 0 saturated carbocycles. The zero-order chi connectivity index (χ0) is 20.6. The van der Waals surface area contributed by atoms with Crippen molar-refractivity contribution in [3.8, 4) is 16.9 Å². The summed E-state index contributed by atoms with van der Waals surface area (Å²) < 4.78 is 6.51. The largest absolute Gasteiger partial charge is 0.483 e. The Morgan fingerprint density at radius 3 is 2.24 bits per heavy atom. The van der Waals surface area contributed by atoms with E-state index in [9.17, 15) is 4.79 Å². The van der Waals surface area contributed by atoms with Crippen LogP contribution in [0.4, 0.5) is 11.4 Å². The number of rotatable bonds is 8. The van der Waals surface area contributed by atoms with Crippen LogP contribution in [0.1, 0.15) is 13.8 Å². The fraction of sp³-hybridized carbons (Fsp3) is 0.208. The van der Waals surface area contributed by atoms with Gasteiger partial charge in [-0.15, -0.1) is 0 Å². The third-order valence-electron chi connectivity index (χ3n) is 4.68. The number of ether oxygens (including phenoxy) is 1. The van der Waals surface area contributed by atoms with Crippen molar-refractivity contribution < 1.29 is 9.53 Å². The van der Waals surface area contributed by atoms with Crippen molar-refractivity contribution in [3.05, 3.63) is 77.3 Å².